The van der Waals surface area contributed by atoms with Gasteiger partial charge in [0.05, 0.1) is 19.5 Å². The van der Waals surface area contributed by atoms with Crippen molar-refractivity contribution in [3.05, 3.63) is 45.8 Å². The van der Waals surface area contributed by atoms with Gasteiger partial charge in [-0.15, -0.1) is 0 Å². The second-order valence-corrected chi connectivity index (χ2v) is 5.00. The quantitative estimate of drug-likeness (QED) is 0.803. The molecule has 0 radical (unpaired) electrons. The zero-order valence-corrected chi connectivity index (χ0v) is 12.9. The summed E-state index contributed by atoms with van der Waals surface area (Å²) in [5.41, 5.74) is 2.21. The van der Waals surface area contributed by atoms with Gasteiger partial charge in [-0.25, -0.2) is 9.78 Å². The minimum atomic E-state index is -0.550. The topological polar surface area (TPSA) is 61.3 Å². The molecule has 2 aromatic rings. The van der Waals surface area contributed by atoms with Crippen LogP contribution in [-0.2, 0) is 4.74 Å². The van der Waals surface area contributed by atoms with Crippen molar-refractivity contribution in [1.82, 2.24) is 9.97 Å². The van der Waals surface area contributed by atoms with Crippen LogP contribution in [0.4, 0.5) is 0 Å². The largest absolute Gasteiger partial charge is 0.464 e. The van der Waals surface area contributed by atoms with Gasteiger partial charge in [0.2, 0.25) is 5.88 Å². The molecule has 1 aromatic heterocycles. The van der Waals surface area contributed by atoms with E-state index >= 15 is 0 Å². The number of ether oxygens (including phenoxy) is 2. The van der Waals surface area contributed by atoms with E-state index in [1.165, 1.54) is 19.5 Å². The van der Waals surface area contributed by atoms with Gasteiger partial charge in [0.15, 0.2) is 5.69 Å². The van der Waals surface area contributed by atoms with Gasteiger partial charge in [-0.05, 0) is 37.1 Å². The van der Waals surface area contributed by atoms with Crippen molar-refractivity contribution in [1.29, 1.82) is 0 Å². The van der Waals surface area contributed by atoms with Crippen LogP contribution in [0.1, 0.15) is 21.6 Å². The second-order valence-electron chi connectivity index (χ2n) is 4.21. The molecule has 0 fully saturated rings. The number of nitrogens with zero attached hydrogens (tertiary/aromatic N) is 2. The number of esters is 1. The molecule has 5 nitrogen and oxygen atoms in total. The lowest BCUT2D eigenvalue weighted by atomic mass is 10.1. The zero-order valence-electron chi connectivity index (χ0n) is 11.3. The van der Waals surface area contributed by atoms with E-state index < -0.39 is 5.97 Å². The van der Waals surface area contributed by atoms with Crippen LogP contribution in [0, 0.1) is 13.8 Å². The van der Waals surface area contributed by atoms with E-state index in [0.29, 0.717) is 5.75 Å². The molecule has 0 N–H and O–H groups in total. The van der Waals surface area contributed by atoms with Crippen LogP contribution in [-0.4, -0.2) is 23.0 Å². The molecular weight excluding hydrogens is 324 g/mol. The average molecular weight is 337 g/mol. The molecule has 0 bridgehead atoms. The summed E-state index contributed by atoms with van der Waals surface area (Å²) in [4.78, 5) is 19.3. The fourth-order valence-corrected chi connectivity index (χ4v) is 1.91. The van der Waals surface area contributed by atoms with Gasteiger partial charge in [0.1, 0.15) is 5.75 Å². The first-order valence-electron chi connectivity index (χ1n) is 5.86. The Labute approximate surface area is 125 Å². The highest BCUT2D eigenvalue weighted by Crippen LogP contribution is 2.28. The van der Waals surface area contributed by atoms with E-state index in [-0.39, 0.29) is 11.6 Å². The van der Waals surface area contributed by atoms with E-state index in [0.717, 1.165) is 15.6 Å². The lowest BCUT2D eigenvalue weighted by molar-refractivity contribution is 0.0592. The maximum Gasteiger partial charge on any atom is 0.358 e. The smallest absolute Gasteiger partial charge is 0.358 e. The third-order valence-electron chi connectivity index (χ3n) is 2.64. The summed E-state index contributed by atoms with van der Waals surface area (Å²) in [5, 5.41) is 0. The molecule has 1 heterocycles. The van der Waals surface area contributed by atoms with Crippen LogP contribution in [0.2, 0.25) is 0 Å². The lowest BCUT2D eigenvalue weighted by Crippen LogP contribution is -2.05. The number of halogens is 1. The number of aromatic nitrogens is 2. The molecule has 0 atom stereocenters. The van der Waals surface area contributed by atoms with Crippen molar-refractivity contribution in [2.24, 2.45) is 0 Å². The van der Waals surface area contributed by atoms with Gasteiger partial charge >= 0.3 is 5.97 Å². The van der Waals surface area contributed by atoms with Crippen molar-refractivity contribution < 1.29 is 14.3 Å². The molecule has 20 heavy (non-hydrogen) atoms. The normalized spacial score (nSPS) is 10.2. The standard InChI is InChI=1S/C14H13BrN2O3/c1-8-4-10(5-9(2)13(8)15)20-12-7-16-6-11(17-12)14(18)19-3/h4-7H,1-3H3. The highest BCUT2D eigenvalue weighted by Gasteiger charge is 2.10. The Kier molecular flexibility index (Phi) is 4.34. The summed E-state index contributed by atoms with van der Waals surface area (Å²) in [7, 11) is 1.29. The SMILES string of the molecule is COC(=O)c1cncc(Oc2cc(C)c(Br)c(C)c2)n1. The summed E-state index contributed by atoms with van der Waals surface area (Å²) in [6.07, 6.45) is 2.77. The average Bonchev–Trinajstić information content (AvgIpc) is 2.44. The van der Waals surface area contributed by atoms with E-state index in [1.807, 2.05) is 26.0 Å². The van der Waals surface area contributed by atoms with Gasteiger partial charge in [0.25, 0.3) is 0 Å². The van der Waals surface area contributed by atoms with Crippen LogP contribution in [0.5, 0.6) is 11.6 Å². The number of methoxy groups -OCH3 is 1. The van der Waals surface area contributed by atoms with E-state index in [9.17, 15) is 4.79 Å². The Balaban J connectivity index is 2.28. The fourth-order valence-electron chi connectivity index (χ4n) is 1.69. The summed E-state index contributed by atoms with van der Waals surface area (Å²) in [5.74, 6) is 0.333. The first-order chi connectivity index (χ1) is 9.51. The lowest BCUT2D eigenvalue weighted by Gasteiger charge is -2.09. The predicted octanol–water partition coefficient (Wildman–Crippen LogP) is 3.43. The maximum absolute atomic E-state index is 11.4. The van der Waals surface area contributed by atoms with Gasteiger partial charge in [-0.2, -0.15) is 0 Å². The monoisotopic (exact) mass is 336 g/mol. The number of rotatable bonds is 3. The molecule has 0 unspecified atom stereocenters. The minimum Gasteiger partial charge on any atom is -0.464 e. The Morgan fingerprint density at radius 1 is 1.20 bits per heavy atom. The molecule has 0 saturated carbocycles. The highest BCUT2D eigenvalue weighted by molar-refractivity contribution is 9.10. The third kappa shape index (κ3) is 3.14. The fraction of sp³-hybridized carbons (Fsp3) is 0.214. The maximum atomic E-state index is 11.4. The van der Waals surface area contributed by atoms with Gasteiger partial charge < -0.3 is 9.47 Å². The van der Waals surface area contributed by atoms with Crippen LogP contribution in [0.15, 0.2) is 29.0 Å². The summed E-state index contributed by atoms with van der Waals surface area (Å²) in [6, 6.07) is 3.76. The first-order valence-corrected chi connectivity index (χ1v) is 6.65. The van der Waals surface area contributed by atoms with Crippen molar-refractivity contribution in [3.8, 4) is 11.6 Å². The number of carbonyl (C=O) groups is 1. The predicted molar refractivity (Wildman–Crippen MR) is 77.1 cm³/mol. The van der Waals surface area contributed by atoms with Crippen LogP contribution in [0.25, 0.3) is 0 Å². The number of hydrogen-bond acceptors (Lipinski definition) is 5. The molecule has 0 spiro atoms. The van der Waals surface area contributed by atoms with Crippen molar-refractivity contribution in [2.75, 3.05) is 7.11 Å². The Morgan fingerprint density at radius 3 is 2.45 bits per heavy atom. The molecule has 0 aliphatic rings. The number of hydrogen-bond donors (Lipinski definition) is 0. The van der Waals surface area contributed by atoms with Crippen molar-refractivity contribution >= 4 is 21.9 Å². The van der Waals surface area contributed by atoms with Crippen LogP contribution in [0.3, 0.4) is 0 Å². The number of carbonyl (C=O) groups excluding carboxylic acids is 1. The van der Waals surface area contributed by atoms with E-state index in [4.69, 9.17) is 4.74 Å². The van der Waals surface area contributed by atoms with Gasteiger partial charge in [-0.3, -0.25) is 4.98 Å². The van der Waals surface area contributed by atoms with E-state index in [1.54, 1.807) is 0 Å². The molecule has 0 aliphatic carbocycles. The third-order valence-corrected chi connectivity index (χ3v) is 3.89. The van der Waals surface area contributed by atoms with Crippen LogP contribution >= 0.6 is 15.9 Å². The molecule has 104 valence electrons. The Bertz CT molecular complexity index is 636. The van der Waals surface area contributed by atoms with Crippen molar-refractivity contribution in [2.45, 2.75) is 13.8 Å². The molecule has 0 amide bonds. The molecule has 0 aliphatic heterocycles. The van der Waals surface area contributed by atoms with Gasteiger partial charge in [0, 0.05) is 4.47 Å². The molecule has 1 aromatic carbocycles. The van der Waals surface area contributed by atoms with Crippen LogP contribution < -0.4 is 4.74 Å². The van der Waals surface area contributed by atoms with Gasteiger partial charge in [-0.1, -0.05) is 15.9 Å². The van der Waals surface area contributed by atoms with E-state index in [2.05, 4.69) is 30.6 Å². The highest BCUT2D eigenvalue weighted by atomic mass is 79.9. The summed E-state index contributed by atoms with van der Waals surface area (Å²) >= 11 is 3.49. The molecule has 2 rings (SSSR count). The molecule has 6 heteroatoms. The summed E-state index contributed by atoms with van der Waals surface area (Å²) < 4.78 is 11.3. The minimum absolute atomic E-state index is 0.107. The number of aryl methyl sites for hydroxylation is 2. The number of benzene rings is 1. The van der Waals surface area contributed by atoms with Crippen molar-refractivity contribution in [3.63, 3.8) is 0 Å². The molecular formula is C14H13BrN2O3. The second kappa shape index (κ2) is 6.00. The summed E-state index contributed by atoms with van der Waals surface area (Å²) in [6.45, 7) is 3.95. The Morgan fingerprint density at radius 2 is 1.85 bits per heavy atom. The Hall–Kier alpha value is -1.95. The first kappa shape index (κ1) is 14.5. The zero-order chi connectivity index (χ0) is 14.7. The molecule has 0 saturated heterocycles.